The van der Waals surface area contributed by atoms with Crippen LogP contribution in [0.3, 0.4) is 0 Å². The van der Waals surface area contributed by atoms with E-state index in [-0.39, 0.29) is 30.1 Å². The highest BCUT2D eigenvalue weighted by Crippen LogP contribution is 2.48. The molecule has 38 heavy (non-hydrogen) atoms. The third-order valence-electron chi connectivity index (χ3n) is 6.15. The van der Waals surface area contributed by atoms with Crippen molar-refractivity contribution in [3.8, 4) is 0 Å². The molecule has 2 aliphatic heterocycles. The first-order chi connectivity index (χ1) is 17.4. The average molecular weight is 563 g/mol. The van der Waals surface area contributed by atoms with Crippen molar-refractivity contribution in [2.24, 2.45) is 0 Å². The molecule has 2 aromatic heterocycles. The van der Waals surface area contributed by atoms with Gasteiger partial charge in [-0.15, -0.1) is 0 Å². The minimum absolute atomic E-state index is 0. The lowest BCUT2D eigenvalue weighted by Gasteiger charge is -2.22. The first-order valence-corrected chi connectivity index (χ1v) is 12.8. The Morgan fingerprint density at radius 2 is 1.47 bits per heavy atom. The van der Waals surface area contributed by atoms with Gasteiger partial charge in [-0.1, -0.05) is 0 Å². The standard InChI is InChI=1S/C20H27N4O12P.H3N/c1-9-5-23(19(29)21-17(9)27)15-3-11(26)14(35-15)8-33-37(31,32)36-12-4-16(34-13(12)7-25)24-6-10(2)18(28)22-20(24)30;/h5-6,11-16,25-26H,3-4,7-8H2,1-2H3,(H,31,32)(H,21,27,29)(H,22,28,30);1H3. The van der Waals surface area contributed by atoms with Gasteiger partial charge in [0.1, 0.15) is 30.8 Å². The van der Waals surface area contributed by atoms with Gasteiger partial charge in [0.25, 0.3) is 11.1 Å². The van der Waals surface area contributed by atoms with Gasteiger partial charge in [0.05, 0.1) is 19.3 Å². The predicted octanol–water partition coefficient (Wildman–Crippen LogP) is -1.70. The molecule has 2 aromatic rings. The zero-order chi connectivity index (χ0) is 27.1. The molecule has 4 heterocycles. The van der Waals surface area contributed by atoms with E-state index >= 15 is 0 Å². The molecule has 0 radical (unpaired) electrons. The van der Waals surface area contributed by atoms with E-state index in [1.54, 1.807) is 0 Å². The third-order valence-corrected chi connectivity index (χ3v) is 7.16. The second kappa shape index (κ2) is 11.6. The Kier molecular flexibility index (Phi) is 9.08. The van der Waals surface area contributed by atoms with Crippen LogP contribution in [0, 0.1) is 13.8 Å². The molecule has 2 fully saturated rings. The molecule has 0 aromatic carbocycles. The number of phosphoric ester groups is 1. The molecule has 0 amide bonds. The van der Waals surface area contributed by atoms with Crippen molar-refractivity contribution in [1.82, 2.24) is 25.3 Å². The van der Waals surface area contributed by atoms with Crippen LogP contribution in [0.5, 0.6) is 0 Å². The molecule has 2 aliphatic rings. The van der Waals surface area contributed by atoms with Gasteiger partial charge in [-0.3, -0.25) is 37.7 Å². The Morgan fingerprint density at radius 1 is 0.974 bits per heavy atom. The van der Waals surface area contributed by atoms with Crippen LogP contribution in [0.1, 0.15) is 36.4 Å². The van der Waals surface area contributed by atoms with Gasteiger partial charge in [0.2, 0.25) is 0 Å². The number of aliphatic hydroxyl groups is 2. The van der Waals surface area contributed by atoms with Crippen LogP contribution in [0.15, 0.2) is 31.6 Å². The quantitative estimate of drug-likeness (QED) is 0.196. The summed E-state index contributed by atoms with van der Waals surface area (Å²) in [7, 11) is -4.78. The monoisotopic (exact) mass is 563 g/mol. The molecule has 18 heteroatoms. The highest BCUT2D eigenvalue weighted by atomic mass is 31.2. The number of H-pyrrole nitrogens is 2. The fourth-order valence-electron chi connectivity index (χ4n) is 4.15. The Hall–Kier alpha value is -2.73. The van der Waals surface area contributed by atoms with Crippen molar-refractivity contribution in [2.75, 3.05) is 13.2 Å². The van der Waals surface area contributed by atoms with Crippen LogP contribution in [-0.4, -0.2) is 71.8 Å². The van der Waals surface area contributed by atoms with Gasteiger partial charge in [0, 0.05) is 36.4 Å². The fourth-order valence-corrected chi connectivity index (χ4v) is 5.11. The minimum Gasteiger partial charge on any atom is -0.394 e. The summed E-state index contributed by atoms with van der Waals surface area (Å²) in [6.07, 6.45) is -4.07. The highest BCUT2D eigenvalue weighted by Gasteiger charge is 2.43. The summed E-state index contributed by atoms with van der Waals surface area (Å²) < 4.78 is 36.2. The maximum atomic E-state index is 12.6. The first-order valence-electron chi connectivity index (χ1n) is 11.3. The molecule has 7 unspecified atom stereocenters. The van der Waals surface area contributed by atoms with Crippen molar-refractivity contribution in [3.63, 3.8) is 0 Å². The summed E-state index contributed by atoms with van der Waals surface area (Å²) >= 11 is 0. The van der Waals surface area contributed by atoms with Gasteiger partial charge in [0.15, 0.2) is 0 Å². The average Bonchev–Trinajstić information content (AvgIpc) is 3.39. The zero-order valence-corrected chi connectivity index (χ0v) is 21.4. The van der Waals surface area contributed by atoms with Crippen LogP contribution >= 0.6 is 7.82 Å². The topological polar surface area (TPSA) is 259 Å². The number of aromatic nitrogens is 4. The molecule has 0 aliphatic carbocycles. The lowest BCUT2D eigenvalue weighted by molar-refractivity contribution is -0.0576. The van der Waals surface area contributed by atoms with Gasteiger partial charge >= 0.3 is 19.2 Å². The van der Waals surface area contributed by atoms with Gasteiger partial charge in [-0.25, -0.2) is 14.2 Å². The van der Waals surface area contributed by atoms with Gasteiger partial charge < -0.3 is 30.7 Å². The van der Waals surface area contributed by atoms with E-state index in [1.807, 2.05) is 0 Å². The fraction of sp³-hybridized carbons (Fsp3) is 0.600. The molecule has 0 spiro atoms. The Labute approximate surface area is 213 Å². The van der Waals surface area contributed by atoms with E-state index in [2.05, 4.69) is 9.97 Å². The molecule has 2 saturated heterocycles. The molecular weight excluding hydrogens is 533 g/mol. The molecule has 0 saturated carbocycles. The third kappa shape index (κ3) is 6.28. The van der Waals surface area contributed by atoms with E-state index < -0.39 is 80.4 Å². The highest BCUT2D eigenvalue weighted by molar-refractivity contribution is 7.47. The molecule has 7 atom stereocenters. The van der Waals surface area contributed by atoms with Crippen molar-refractivity contribution in [1.29, 1.82) is 0 Å². The number of hydrogen-bond donors (Lipinski definition) is 6. The van der Waals surface area contributed by atoms with Crippen LogP contribution in [0.4, 0.5) is 0 Å². The predicted molar refractivity (Wildman–Crippen MR) is 128 cm³/mol. The van der Waals surface area contributed by atoms with Gasteiger partial charge in [-0.2, -0.15) is 0 Å². The van der Waals surface area contributed by atoms with Crippen LogP contribution < -0.4 is 28.6 Å². The van der Waals surface area contributed by atoms with E-state index in [1.165, 1.54) is 26.2 Å². The van der Waals surface area contributed by atoms with Crippen LogP contribution in [0.25, 0.3) is 0 Å². The Bertz CT molecular complexity index is 1430. The lowest BCUT2D eigenvalue weighted by Crippen LogP contribution is -2.33. The molecule has 212 valence electrons. The Morgan fingerprint density at radius 3 is 2.00 bits per heavy atom. The zero-order valence-electron chi connectivity index (χ0n) is 20.5. The summed E-state index contributed by atoms with van der Waals surface area (Å²) in [5.41, 5.74) is -2.15. The number of aromatic amines is 2. The summed E-state index contributed by atoms with van der Waals surface area (Å²) in [6, 6.07) is 0. The maximum absolute atomic E-state index is 12.6. The van der Waals surface area contributed by atoms with E-state index in [0.717, 1.165) is 9.13 Å². The van der Waals surface area contributed by atoms with Crippen LogP contribution in [-0.2, 0) is 23.1 Å². The lowest BCUT2D eigenvalue weighted by atomic mass is 10.2. The normalized spacial score (nSPS) is 28.7. The summed E-state index contributed by atoms with van der Waals surface area (Å²) in [6.45, 7) is 1.79. The number of aryl methyl sites for hydroxylation is 2. The van der Waals surface area contributed by atoms with Gasteiger partial charge in [-0.05, 0) is 13.8 Å². The van der Waals surface area contributed by atoms with E-state index in [0.29, 0.717) is 0 Å². The number of rotatable bonds is 8. The maximum Gasteiger partial charge on any atom is 0.472 e. The number of ether oxygens (including phenoxy) is 2. The summed E-state index contributed by atoms with van der Waals surface area (Å²) in [4.78, 5) is 61.9. The summed E-state index contributed by atoms with van der Waals surface area (Å²) in [5.74, 6) is 0. The van der Waals surface area contributed by atoms with Crippen LogP contribution in [0.2, 0.25) is 0 Å². The second-order valence-electron chi connectivity index (χ2n) is 8.85. The first kappa shape index (κ1) is 29.8. The number of phosphoric acid groups is 1. The smallest absolute Gasteiger partial charge is 0.394 e. The molecular formula is C20H30N5O12P. The number of nitrogens with zero attached hydrogens (tertiary/aromatic N) is 2. The summed E-state index contributed by atoms with van der Waals surface area (Å²) in [5, 5.41) is 19.9. The van der Waals surface area contributed by atoms with Crippen molar-refractivity contribution in [3.05, 3.63) is 65.2 Å². The number of hydrogen-bond acceptors (Lipinski definition) is 12. The molecule has 0 bridgehead atoms. The van der Waals surface area contributed by atoms with Crippen molar-refractivity contribution in [2.45, 2.75) is 63.6 Å². The van der Waals surface area contributed by atoms with Crippen molar-refractivity contribution >= 4 is 7.82 Å². The minimum atomic E-state index is -4.78. The second-order valence-corrected chi connectivity index (χ2v) is 10.3. The Balaban J connectivity index is 0.00000400. The largest absolute Gasteiger partial charge is 0.472 e. The molecule has 4 rings (SSSR count). The SMILES string of the molecule is Cc1cn(C2CC(O)C(COP(=O)(O)OC3CC(n4cc(C)c(=O)[nH]c4=O)OC3CO)O2)c(=O)[nH]c1=O.N. The number of nitrogens with one attached hydrogen (secondary N) is 2. The molecule has 8 N–H and O–H groups in total. The van der Waals surface area contributed by atoms with Crippen molar-refractivity contribution < 1.29 is 38.2 Å². The van der Waals surface area contributed by atoms with E-state index in [9.17, 15) is 38.8 Å². The van der Waals surface area contributed by atoms with E-state index in [4.69, 9.17) is 18.5 Å². The number of aliphatic hydroxyl groups excluding tert-OH is 2. The molecule has 17 nitrogen and oxygen atoms in total.